The molecule has 0 bridgehead atoms. The monoisotopic (exact) mass is 486 g/mol. The molecule has 1 N–H and O–H groups in total. The van der Waals surface area contributed by atoms with Crippen LogP contribution in [0.2, 0.25) is 0 Å². The van der Waals surface area contributed by atoms with Crippen molar-refractivity contribution in [3.8, 4) is 23.0 Å². The number of aryl methyl sites for hydroxylation is 1. The molecule has 2 aliphatic heterocycles. The molecule has 2 aliphatic rings. The minimum atomic E-state index is -0.181. The van der Waals surface area contributed by atoms with Gasteiger partial charge < -0.3 is 24.2 Å². The van der Waals surface area contributed by atoms with Gasteiger partial charge in [-0.15, -0.1) is 0 Å². The van der Waals surface area contributed by atoms with Crippen molar-refractivity contribution in [2.45, 2.75) is 13.5 Å². The van der Waals surface area contributed by atoms with Gasteiger partial charge in [0.05, 0.1) is 25.3 Å². The molecule has 0 amide bonds. The summed E-state index contributed by atoms with van der Waals surface area (Å²) in [5, 5.41) is 10.8. The van der Waals surface area contributed by atoms with Crippen LogP contribution in [0.3, 0.4) is 0 Å². The fraction of sp³-hybridized carbons (Fsp3) is 0.276. The fourth-order valence-corrected chi connectivity index (χ4v) is 4.84. The molecule has 3 aromatic carbocycles. The lowest BCUT2D eigenvalue weighted by Crippen LogP contribution is -2.46. The molecular weight excluding hydrogens is 456 g/mol. The second kappa shape index (κ2) is 9.95. The topological polar surface area (TPSA) is 71.5 Å². The Kier molecular flexibility index (Phi) is 6.57. The van der Waals surface area contributed by atoms with Gasteiger partial charge in [0.1, 0.15) is 23.0 Å². The molecule has 0 radical (unpaired) electrons. The molecule has 0 unspecified atom stereocenters. The molecule has 0 aromatic heterocycles. The highest BCUT2D eigenvalue weighted by molar-refractivity contribution is 6.16. The van der Waals surface area contributed by atoms with Crippen LogP contribution in [0.4, 0.5) is 5.69 Å². The number of carbonyl (C=O) groups excluding carboxylic acids is 1. The van der Waals surface area contributed by atoms with E-state index in [2.05, 4.69) is 21.9 Å². The van der Waals surface area contributed by atoms with Gasteiger partial charge in [-0.3, -0.25) is 9.69 Å². The Morgan fingerprint density at radius 2 is 1.72 bits per heavy atom. The van der Waals surface area contributed by atoms with Crippen LogP contribution in [-0.2, 0) is 6.54 Å². The number of para-hydroxylation sites is 1. The van der Waals surface area contributed by atoms with Crippen molar-refractivity contribution in [1.82, 2.24) is 4.90 Å². The Bertz CT molecular complexity index is 1310. The number of carbonyl (C=O) groups is 1. The first-order valence-corrected chi connectivity index (χ1v) is 12.0. The van der Waals surface area contributed by atoms with Crippen LogP contribution in [0.25, 0.3) is 6.08 Å². The summed E-state index contributed by atoms with van der Waals surface area (Å²) in [6, 6.07) is 17.2. The third kappa shape index (κ3) is 4.50. The van der Waals surface area contributed by atoms with Crippen molar-refractivity contribution in [3.05, 3.63) is 82.6 Å². The van der Waals surface area contributed by atoms with E-state index in [9.17, 15) is 9.90 Å². The van der Waals surface area contributed by atoms with E-state index in [0.717, 1.165) is 43.2 Å². The number of nitrogens with zero attached hydrogens (tertiary/aromatic N) is 2. The Morgan fingerprint density at radius 1 is 1.00 bits per heavy atom. The molecule has 7 nitrogen and oxygen atoms in total. The van der Waals surface area contributed by atoms with Crippen LogP contribution in [0.1, 0.15) is 27.0 Å². The summed E-state index contributed by atoms with van der Waals surface area (Å²) in [5.41, 5.74) is 3.78. The highest BCUT2D eigenvalue weighted by Crippen LogP contribution is 2.42. The lowest BCUT2D eigenvalue weighted by Gasteiger charge is -2.36. The summed E-state index contributed by atoms with van der Waals surface area (Å²) >= 11 is 0. The molecule has 1 fully saturated rings. The third-order valence-corrected chi connectivity index (χ3v) is 6.84. The quantitative estimate of drug-likeness (QED) is 0.508. The number of hydrogen-bond donors (Lipinski definition) is 1. The molecule has 36 heavy (non-hydrogen) atoms. The van der Waals surface area contributed by atoms with E-state index in [4.69, 9.17) is 14.2 Å². The first-order chi connectivity index (χ1) is 17.5. The largest absolute Gasteiger partial charge is 0.507 e. The maximum absolute atomic E-state index is 13.3. The number of ketones is 1. The summed E-state index contributed by atoms with van der Waals surface area (Å²) < 4.78 is 16.8. The summed E-state index contributed by atoms with van der Waals surface area (Å²) in [7, 11) is 3.26. The minimum absolute atomic E-state index is 0.148. The second-order valence-corrected chi connectivity index (χ2v) is 9.04. The van der Waals surface area contributed by atoms with E-state index in [-0.39, 0.29) is 17.3 Å². The number of methoxy groups -OCH3 is 2. The maximum atomic E-state index is 13.3. The lowest BCUT2D eigenvalue weighted by atomic mass is 9.99. The van der Waals surface area contributed by atoms with E-state index in [1.807, 2.05) is 43.3 Å². The Morgan fingerprint density at radius 3 is 2.42 bits per heavy atom. The smallest absolute Gasteiger partial charge is 0.232 e. The van der Waals surface area contributed by atoms with Gasteiger partial charge in [-0.05, 0) is 55.0 Å². The second-order valence-electron chi connectivity index (χ2n) is 9.04. The number of rotatable bonds is 6. The zero-order chi connectivity index (χ0) is 25.2. The number of phenols is 1. The number of fused-ring (bicyclic) bond motifs is 1. The summed E-state index contributed by atoms with van der Waals surface area (Å²) in [6.45, 7) is 5.70. The predicted molar refractivity (Wildman–Crippen MR) is 139 cm³/mol. The molecule has 2 heterocycles. The highest BCUT2D eigenvalue weighted by atomic mass is 16.5. The number of ether oxygens (including phenoxy) is 3. The molecule has 1 saturated heterocycles. The van der Waals surface area contributed by atoms with E-state index >= 15 is 0 Å². The predicted octanol–water partition coefficient (Wildman–Crippen LogP) is 4.66. The average Bonchev–Trinajstić information content (AvgIpc) is 3.23. The van der Waals surface area contributed by atoms with Crippen LogP contribution in [0.15, 0.2) is 60.4 Å². The van der Waals surface area contributed by atoms with Crippen molar-refractivity contribution in [3.63, 3.8) is 0 Å². The third-order valence-electron chi connectivity index (χ3n) is 6.84. The SMILES string of the molecule is COc1ccc(N2CCN(Cc3c(O)cc(C)c4c3O/C(=C\c3ccccc3OC)C4=O)CC2)cc1. The van der Waals surface area contributed by atoms with Crippen molar-refractivity contribution in [2.24, 2.45) is 0 Å². The van der Waals surface area contributed by atoms with Gasteiger partial charge in [-0.25, -0.2) is 0 Å². The number of benzene rings is 3. The van der Waals surface area contributed by atoms with Crippen molar-refractivity contribution in [1.29, 1.82) is 0 Å². The average molecular weight is 487 g/mol. The maximum Gasteiger partial charge on any atom is 0.232 e. The number of piperazine rings is 1. The molecule has 0 aliphatic carbocycles. The Labute approximate surface area is 211 Å². The van der Waals surface area contributed by atoms with Crippen LogP contribution in [0.5, 0.6) is 23.0 Å². The van der Waals surface area contributed by atoms with Crippen molar-refractivity contribution in [2.75, 3.05) is 45.3 Å². The van der Waals surface area contributed by atoms with Crippen LogP contribution in [0, 0.1) is 6.92 Å². The first kappa shape index (κ1) is 23.8. The van der Waals surface area contributed by atoms with E-state index in [1.54, 1.807) is 26.4 Å². The van der Waals surface area contributed by atoms with Gasteiger partial charge in [0.25, 0.3) is 0 Å². The van der Waals surface area contributed by atoms with E-state index in [1.165, 1.54) is 0 Å². The molecule has 3 aromatic rings. The fourth-order valence-electron chi connectivity index (χ4n) is 4.84. The number of anilines is 1. The van der Waals surface area contributed by atoms with E-state index in [0.29, 0.717) is 34.7 Å². The summed E-state index contributed by atoms with van der Waals surface area (Å²) in [5.74, 6) is 2.15. The number of hydrogen-bond acceptors (Lipinski definition) is 7. The molecule has 0 spiro atoms. The molecule has 186 valence electrons. The number of aromatic hydroxyl groups is 1. The zero-order valence-corrected chi connectivity index (χ0v) is 20.8. The molecule has 5 rings (SSSR count). The van der Waals surface area contributed by atoms with Crippen molar-refractivity contribution < 1.29 is 24.1 Å². The van der Waals surface area contributed by atoms with Gasteiger partial charge in [0.15, 0.2) is 5.76 Å². The van der Waals surface area contributed by atoms with Gasteiger partial charge >= 0.3 is 0 Å². The van der Waals surface area contributed by atoms with Gasteiger partial charge in [0, 0.05) is 44.0 Å². The standard InChI is InChI=1S/C29H30N2O5/c1-19-16-24(32)23(18-30-12-14-31(15-13-30)21-8-10-22(34-2)11-9-21)29-27(19)28(33)26(36-29)17-20-6-4-5-7-25(20)35-3/h4-11,16-17,32H,12-15,18H2,1-3H3/b26-17-. The van der Waals surface area contributed by atoms with Crippen LogP contribution >= 0.6 is 0 Å². The number of Topliss-reactive ketones (excluding diaryl/α,β-unsaturated/α-hetero) is 1. The summed E-state index contributed by atoms with van der Waals surface area (Å²) in [4.78, 5) is 17.9. The first-order valence-electron chi connectivity index (χ1n) is 12.0. The number of allylic oxidation sites excluding steroid dienone is 1. The van der Waals surface area contributed by atoms with Gasteiger partial charge in [-0.2, -0.15) is 0 Å². The molecular formula is C29H30N2O5. The van der Waals surface area contributed by atoms with Gasteiger partial charge in [0.2, 0.25) is 5.78 Å². The van der Waals surface area contributed by atoms with Crippen LogP contribution in [-0.4, -0.2) is 56.2 Å². The van der Waals surface area contributed by atoms with E-state index < -0.39 is 0 Å². The molecule has 7 heteroatoms. The Hall–Kier alpha value is -3.97. The summed E-state index contributed by atoms with van der Waals surface area (Å²) in [6.07, 6.45) is 1.70. The normalized spacial score (nSPS) is 16.7. The Balaban J connectivity index is 1.35. The molecule has 0 saturated carbocycles. The van der Waals surface area contributed by atoms with Crippen molar-refractivity contribution >= 4 is 17.5 Å². The minimum Gasteiger partial charge on any atom is -0.507 e. The lowest BCUT2D eigenvalue weighted by molar-refractivity contribution is 0.101. The highest BCUT2D eigenvalue weighted by Gasteiger charge is 2.34. The van der Waals surface area contributed by atoms with Crippen LogP contribution < -0.4 is 19.1 Å². The zero-order valence-electron chi connectivity index (χ0n) is 20.8. The number of phenolic OH excluding ortho intramolecular Hbond substituents is 1. The van der Waals surface area contributed by atoms with Gasteiger partial charge in [-0.1, -0.05) is 18.2 Å². The molecule has 0 atom stereocenters.